The standard InChI is InChI=1S/C15H22N2O3/c1-19-8-7-15(5-6-15)10-17-13-4-3-11(16)9-12(13)14(18)20-2/h3-4,9,17H,5-8,10,16H2,1-2H3. The first-order valence-corrected chi connectivity index (χ1v) is 6.81. The Kier molecular flexibility index (Phi) is 4.49. The maximum absolute atomic E-state index is 11.8. The third-order valence-electron chi connectivity index (χ3n) is 3.90. The van der Waals surface area contributed by atoms with Gasteiger partial charge in [-0.3, -0.25) is 0 Å². The molecule has 0 saturated heterocycles. The van der Waals surface area contributed by atoms with E-state index >= 15 is 0 Å². The second-order valence-corrected chi connectivity index (χ2v) is 5.39. The van der Waals surface area contributed by atoms with Crippen LogP contribution in [0, 0.1) is 5.41 Å². The Morgan fingerprint density at radius 2 is 2.15 bits per heavy atom. The highest BCUT2D eigenvalue weighted by Gasteiger charge is 2.41. The van der Waals surface area contributed by atoms with Crippen molar-refractivity contribution in [2.24, 2.45) is 5.41 Å². The van der Waals surface area contributed by atoms with Crippen LogP contribution in [0.2, 0.25) is 0 Å². The van der Waals surface area contributed by atoms with Gasteiger partial charge in [0.05, 0.1) is 12.7 Å². The van der Waals surface area contributed by atoms with Crippen LogP contribution in [-0.4, -0.2) is 33.3 Å². The monoisotopic (exact) mass is 278 g/mol. The molecule has 5 heteroatoms. The third kappa shape index (κ3) is 3.42. The van der Waals surface area contributed by atoms with Crippen LogP contribution < -0.4 is 11.1 Å². The number of rotatable bonds is 7. The SMILES string of the molecule is COCCC1(CNc2ccc(N)cc2C(=O)OC)CC1. The first kappa shape index (κ1) is 14.7. The number of esters is 1. The number of carbonyl (C=O) groups is 1. The molecule has 1 fully saturated rings. The molecule has 0 heterocycles. The highest BCUT2D eigenvalue weighted by molar-refractivity contribution is 5.96. The Labute approximate surface area is 119 Å². The molecule has 1 aromatic carbocycles. The number of methoxy groups -OCH3 is 2. The molecule has 0 aliphatic heterocycles. The van der Waals surface area contributed by atoms with Gasteiger partial charge in [0.25, 0.3) is 0 Å². The number of nitrogens with two attached hydrogens (primary N) is 1. The summed E-state index contributed by atoms with van der Waals surface area (Å²) >= 11 is 0. The van der Waals surface area contributed by atoms with Crippen LogP contribution in [0.3, 0.4) is 0 Å². The van der Waals surface area contributed by atoms with Crippen molar-refractivity contribution in [3.8, 4) is 0 Å². The Morgan fingerprint density at radius 1 is 1.40 bits per heavy atom. The number of anilines is 2. The van der Waals surface area contributed by atoms with Crippen molar-refractivity contribution < 1.29 is 14.3 Å². The Balaban J connectivity index is 2.04. The molecule has 1 saturated carbocycles. The fourth-order valence-corrected chi connectivity index (χ4v) is 2.29. The van der Waals surface area contributed by atoms with Crippen molar-refractivity contribution in [3.63, 3.8) is 0 Å². The van der Waals surface area contributed by atoms with E-state index in [2.05, 4.69) is 5.32 Å². The molecular weight excluding hydrogens is 256 g/mol. The van der Waals surface area contributed by atoms with Crippen LogP contribution in [0.25, 0.3) is 0 Å². The van der Waals surface area contributed by atoms with Crippen molar-refractivity contribution in [1.29, 1.82) is 0 Å². The van der Waals surface area contributed by atoms with Gasteiger partial charge in [0.15, 0.2) is 0 Å². The van der Waals surface area contributed by atoms with Crippen molar-refractivity contribution in [3.05, 3.63) is 23.8 Å². The number of nitrogen functional groups attached to an aromatic ring is 1. The topological polar surface area (TPSA) is 73.6 Å². The van der Waals surface area contributed by atoms with Crippen LogP contribution in [0.4, 0.5) is 11.4 Å². The third-order valence-corrected chi connectivity index (χ3v) is 3.90. The molecule has 3 N–H and O–H groups in total. The number of nitrogens with one attached hydrogen (secondary N) is 1. The number of hydrogen-bond donors (Lipinski definition) is 2. The molecule has 0 bridgehead atoms. The highest BCUT2D eigenvalue weighted by Crippen LogP contribution is 2.48. The van der Waals surface area contributed by atoms with Crippen LogP contribution in [-0.2, 0) is 9.47 Å². The van der Waals surface area contributed by atoms with Gasteiger partial charge < -0.3 is 20.5 Å². The minimum atomic E-state index is -0.374. The molecule has 110 valence electrons. The zero-order valence-corrected chi connectivity index (χ0v) is 12.1. The Morgan fingerprint density at radius 3 is 2.75 bits per heavy atom. The van der Waals surface area contributed by atoms with E-state index in [9.17, 15) is 4.79 Å². The summed E-state index contributed by atoms with van der Waals surface area (Å²) in [6, 6.07) is 5.25. The zero-order valence-electron chi connectivity index (χ0n) is 12.1. The van der Waals surface area contributed by atoms with Crippen LogP contribution in [0.15, 0.2) is 18.2 Å². The average molecular weight is 278 g/mol. The van der Waals surface area contributed by atoms with E-state index in [4.69, 9.17) is 15.2 Å². The molecule has 1 aliphatic rings. The summed E-state index contributed by atoms with van der Waals surface area (Å²) in [5, 5.41) is 3.36. The molecule has 5 nitrogen and oxygen atoms in total. The first-order chi connectivity index (χ1) is 9.60. The molecule has 0 atom stereocenters. The van der Waals surface area contributed by atoms with Crippen molar-refractivity contribution >= 4 is 17.3 Å². The van der Waals surface area contributed by atoms with Crippen molar-refractivity contribution in [2.75, 3.05) is 38.4 Å². The molecule has 0 amide bonds. The maximum Gasteiger partial charge on any atom is 0.340 e. The van der Waals surface area contributed by atoms with Gasteiger partial charge in [-0.15, -0.1) is 0 Å². The molecular formula is C15H22N2O3. The summed E-state index contributed by atoms with van der Waals surface area (Å²) in [6.45, 7) is 1.61. The van der Waals surface area contributed by atoms with E-state index < -0.39 is 0 Å². The van der Waals surface area contributed by atoms with Crippen molar-refractivity contribution in [2.45, 2.75) is 19.3 Å². The molecule has 0 spiro atoms. The molecule has 0 radical (unpaired) electrons. The minimum absolute atomic E-state index is 0.310. The van der Waals surface area contributed by atoms with Gasteiger partial charge in [-0.2, -0.15) is 0 Å². The molecule has 20 heavy (non-hydrogen) atoms. The summed E-state index contributed by atoms with van der Waals surface area (Å²) in [5.74, 6) is -0.374. The number of ether oxygens (including phenoxy) is 2. The molecule has 1 aromatic rings. The predicted molar refractivity (Wildman–Crippen MR) is 78.8 cm³/mol. The molecule has 0 unspecified atom stereocenters. The van der Waals surface area contributed by atoms with Gasteiger partial charge in [-0.25, -0.2) is 4.79 Å². The lowest BCUT2D eigenvalue weighted by molar-refractivity contribution is 0.0602. The Bertz CT molecular complexity index is 484. The van der Waals surface area contributed by atoms with Crippen LogP contribution >= 0.6 is 0 Å². The van der Waals surface area contributed by atoms with E-state index in [-0.39, 0.29) is 5.97 Å². The smallest absolute Gasteiger partial charge is 0.340 e. The van der Waals surface area contributed by atoms with Crippen molar-refractivity contribution in [1.82, 2.24) is 0 Å². The summed E-state index contributed by atoms with van der Waals surface area (Å²) in [5.41, 5.74) is 7.84. The lowest BCUT2D eigenvalue weighted by Gasteiger charge is -2.18. The summed E-state index contributed by atoms with van der Waals surface area (Å²) < 4.78 is 9.94. The highest BCUT2D eigenvalue weighted by atomic mass is 16.5. The van der Waals surface area contributed by atoms with E-state index in [1.807, 2.05) is 6.07 Å². The normalized spacial score (nSPS) is 15.7. The second-order valence-electron chi connectivity index (χ2n) is 5.39. The quantitative estimate of drug-likeness (QED) is 0.591. The van der Waals surface area contributed by atoms with Gasteiger partial charge in [0.2, 0.25) is 0 Å². The van der Waals surface area contributed by atoms with Gasteiger partial charge in [-0.1, -0.05) is 0 Å². The summed E-state index contributed by atoms with van der Waals surface area (Å²) in [6.07, 6.45) is 3.44. The minimum Gasteiger partial charge on any atom is -0.465 e. The fourth-order valence-electron chi connectivity index (χ4n) is 2.29. The molecule has 1 aliphatic carbocycles. The van der Waals surface area contributed by atoms with E-state index in [0.29, 0.717) is 16.7 Å². The fraction of sp³-hybridized carbons (Fsp3) is 0.533. The van der Waals surface area contributed by atoms with Gasteiger partial charge >= 0.3 is 5.97 Å². The molecule has 0 aromatic heterocycles. The maximum atomic E-state index is 11.8. The number of benzene rings is 1. The summed E-state index contributed by atoms with van der Waals surface area (Å²) in [4.78, 5) is 11.8. The number of carbonyl (C=O) groups excluding carboxylic acids is 1. The lowest BCUT2D eigenvalue weighted by atomic mass is 10.0. The largest absolute Gasteiger partial charge is 0.465 e. The lowest BCUT2D eigenvalue weighted by Crippen LogP contribution is -2.19. The van der Waals surface area contributed by atoms with E-state index in [0.717, 1.165) is 25.3 Å². The van der Waals surface area contributed by atoms with Crippen LogP contribution in [0.1, 0.15) is 29.6 Å². The first-order valence-electron chi connectivity index (χ1n) is 6.81. The van der Waals surface area contributed by atoms with Gasteiger partial charge in [0.1, 0.15) is 0 Å². The molecule has 2 rings (SSSR count). The predicted octanol–water partition coefficient (Wildman–Crippen LogP) is 2.28. The van der Waals surface area contributed by atoms with E-state index in [1.54, 1.807) is 19.2 Å². The second kappa shape index (κ2) is 6.13. The summed E-state index contributed by atoms with van der Waals surface area (Å²) in [7, 11) is 3.09. The average Bonchev–Trinajstić information content (AvgIpc) is 3.23. The van der Waals surface area contributed by atoms with Gasteiger partial charge in [0, 0.05) is 31.6 Å². The van der Waals surface area contributed by atoms with Crippen LogP contribution in [0.5, 0.6) is 0 Å². The van der Waals surface area contributed by atoms with E-state index in [1.165, 1.54) is 20.0 Å². The zero-order chi connectivity index (χ0) is 14.6. The number of hydrogen-bond acceptors (Lipinski definition) is 5. The Hall–Kier alpha value is -1.75. The van der Waals surface area contributed by atoms with Gasteiger partial charge in [-0.05, 0) is 42.9 Å².